The van der Waals surface area contributed by atoms with E-state index in [1.165, 1.54) is 12.1 Å². The maximum atomic E-state index is 13.7. The van der Waals surface area contributed by atoms with E-state index in [1.807, 2.05) is 0 Å². The van der Waals surface area contributed by atoms with Gasteiger partial charge in [0.15, 0.2) is 5.82 Å². The zero-order chi connectivity index (χ0) is 11.7. The van der Waals surface area contributed by atoms with E-state index in [1.54, 1.807) is 6.07 Å². The Morgan fingerprint density at radius 2 is 2.06 bits per heavy atom. The molecule has 3 nitrogen and oxygen atoms in total. The quantitative estimate of drug-likeness (QED) is 0.815. The summed E-state index contributed by atoms with van der Waals surface area (Å²) in [5.41, 5.74) is 6.83. The highest BCUT2D eigenvalue weighted by Crippen LogP contribution is 2.30. The molecular formula is C10H8Cl2FN3. The zero-order valence-electron chi connectivity index (χ0n) is 8.10. The fraction of sp³-hybridized carbons (Fsp3) is 0.100. The van der Waals surface area contributed by atoms with Crippen molar-refractivity contribution >= 4 is 23.2 Å². The first-order valence-corrected chi connectivity index (χ1v) is 5.26. The van der Waals surface area contributed by atoms with E-state index in [2.05, 4.69) is 10.2 Å². The summed E-state index contributed by atoms with van der Waals surface area (Å²) in [5, 5.41) is 6.96. The fourth-order valence-corrected chi connectivity index (χ4v) is 1.84. The van der Waals surface area contributed by atoms with Crippen molar-refractivity contribution in [1.82, 2.24) is 10.2 Å². The first kappa shape index (κ1) is 11.4. The normalized spacial score (nSPS) is 10.8. The molecule has 0 saturated carbocycles. The fourth-order valence-electron chi connectivity index (χ4n) is 1.35. The third-order valence-corrected chi connectivity index (χ3v) is 2.61. The molecule has 0 spiro atoms. The predicted octanol–water partition coefficient (Wildman–Crippen LogP) is 2.98. The molecule has 0 amide bonds. The molecule has 0 radical (unpaired) electrons. The van der Waals surface area contributed by atoms with Crippen LogP contribution in [0.1, 0.15) is 5.69 Å². The topological polar surface area (TPSA) is 54.7 Å². The van der Waals surface area contributed by atoms with Crippen molar-refractivity contribution in [3.8, 4) is 11.3 Å². The third-order valence-electron chi connectivity index (χ3n) is 2.12. The van der Waals surface area contributed by atoms with Gasteiger partial charge in [0.05, 0.1) is 10.7 Å². The molecule has 0 atom stereocenters. The van der Waals surface area contributed by atoms with E-state index in [9.17, 15) is 4.39 Å². The molecule has 16 heavy (non-hydrogen) atoms. The van der Waals surface area contributed by atoms with Crippen molar-refractivity contribution in [2.24, 2.45) is 5.73 Å². The van der Waals surface area contributed by atoms with Crippen LogP contribution < -0.4 is 5.73 Å². The van der Waals surface area contributed by atoms with Crippen LogP contribution in [0.3, 0.4) is 0 Å². The van der Waals surface area contributed by atoms with Crippen molar-refractivity contribution in [3.63, 3.8) is 0 Å². The number of hydrogen-bond donors (Lipinski definition) is 2. The molecule has 2 aromatic rings. The van der Waals surface area contributed by atoms with Gasteiger partial charge in [0.1, 0.15) is 0 Å². The summed E-state index contributed by atoms with van der Waals surface area (Å²) < 4.78 is 13.7. The maximum absolute atomic E-state index is 13.7. The molecule has 0 fully saturated rings. The van der Waals surface area contributed by atoms with Crippen LogP contribution in [0.25, 0.3) is 11.3 Å². The number of aromatic nitrogens is 2. The Kier molecular flexibility index (Phi) is 3.14. The molecule has 1 heterocycles. The highest BCUT2D eigenvalue weighted by molar-refractivity contribution is 6.35. The van der Waals surface area contributed by atoms with Gasteiger partial charge in [0, 0.05) is 22.8 Å². The first-order valence-electron chi connectivity index (χ1n) is 4.51. The summed E-state index contributed by atoms with van der Waals surface area (Å²) in [4.78, 5) is 0. The molecule has 3 N–H and O–H groups in total. The van der Waals surface area contributed by atoms with Crippen molar-refractivity contribution in [2.75, 3.05) is 0 Å². The predicted molar refractivity (Wildman–Crippen MR) is 61.9 cm³/mol. The second-order valence-electron chi connectivity index (χ2n) is 3.23. The lowest BCUT2D eigenvalue weighted by Gasteiger charge is -2.02. The zero-order valence-corrected chi connectivity index (χ0v) is 9.61. The number of nitrogens with zero attached hydrogens (tertiary/aromatic N) is 1. The number of nitrogens with two attached hydrogens (primary N) is 1. The average Bonchev–Trinajstić information content (AvgIpc) is 2.71. The van der Waals surface area contributed by atoms with Crippen molar-refractivity contribution in [1.29, 1.82) is 0 Å². The average molecular weight is 260 g/mol. The van der Waals surface area contributed by atoms with Crippen LogP contribution in [-0.4, -0.2) is 10.2 Å². The molecule has 0 unspecified atom stereocenters. The minimum atomic E-state index is -0.541. The van der Waals surface area contributed by atoms with Gasteiger partial charge in [0.25, 0.3) is 0 Å². The van der Waals surface area contributed by atoms with Gasteiger partial charge in [-0.1, -0.05) is 23.2 Å². The second kappa shape index (κ2) is 4.41. The van der Waals surface area contributed by atoms with E-state index in [0.29, 0.717) is 23.0 Å². The van der Waals surface area contributed by atoms with Gasteiger partial charge in [-0.3, -0.25) is 5.10 Å². The van der Waals surface area contributed by atoms with Crippen LogP contribution >= 0.6 is 23.2 Å². The summed E-state index contributed by atoms with van der Waals surface area (Å²) >= 11 is 11.5. The Bertz CT molecular complexity index is 525. The Morgan fingerprint density at radius 1 is 1.31 bits per heavy atom. The minimum Gasteiger partial charge on any atom is -0.325 e. The summed E-state index contributed by atoms with van der Waals surface area (Å²) in [6.45, 7) is 0.308. The van der Waals surface area contributed by atoms with E-state index in [4.69, 9.17) is 28.9 Å². The molecule has 2 rings (SSSR count). The van der Waals surface area contributed by atoms with E-state index in [0.717, 1.165) is 0 Å². The molecular weight excluding hydrogens is 252 g/mol. The largest absolute Gasteiger partial charge is 0.325 e. The van der Waals surface area contributed by atoms with Gasteiger partial charge in [-0.2, -0.15) is 5.10 Å². The van der Waals surface area contributed by atoms with Crippen molar-refractivity contribution < 1.29 is 4.39 Å². The lowest BCUT2D eigenvalue weighted by Crippen LogP contribution is -1.95. The van der Waals surface area contributed by atoms with Crippen LogP contribution in [-0.2, 0) is 6.54 Å². The molecule has 1 aromatic carbocycles. The molecule has 0 aliphatic heterocycles. The third kappa shape index (κ3) is 2.04. The van der Waals surface area contributed by atoms with Gasteiger partial charge in [-0.05, 0) is 18.2 Å². The van der Waals surface area contributed by atoms with Crippen LogP contribution in [0.4, 0.5) is 4.39 Å². The molecule has 0 aliphatic carbocycles. The molecule has 0 saturated heterocycles. The Labute approximate surface area is 101 Å². The molecule has 84 valence electrons. The number of benzene rings is 1. The Balaban J connectivity index is 2.54. The Hall–Kier alpha value is -1.10. The van der Waals surface area contributed by atoms with Crippen LogP contribution in [0.5, 0.6) is 0 Å². The highest BCUT2D eigenvalue weighted by Gasteiger charge is 2.13. The van der Waals surface area contributed by atoms with Gasteiger partial charge >= 0.3 is 0 Å². The maximum Gasteiger partial charge on any atom is 0.151 e. The second-order valence-corrected chi connectivity index (χ2v) is 4.08. The van der Waals surface area contributed by atoms with E-state index in [-0.39, 0.29) is 10.6 Å². The van der Waals surface area contributed by atoms with Gasteiger partial charge in [0.2, 0.25) is 0 Å². The molecule has 6 heteroatoms. The molecule has 0 bridgehead atoms. The first-order chi connectivity index (χ1) is 7.61. The summed E-state index contributed by atoms with van der Waals surface area (Å²) in [7, 11) is 0. The lowest BCUT2D eigenvalue weighted by molar-refractivity contribution is 0.631. The van der Waals surface area contributed by atoms with Gasteiger partial charge in [-0.25, -0.2) is 4.39 Å². The number of aromatic amines is 1. The standard InChI is InChI=1S/C10H8Cl2FN3/c11-5-1-7(10(13)8(12)2-5)9-3-6(4-14)15-16-9/h1-3H,4,14H2,(H,15,16). The van der Waals surface area contributed by atoms with E-state index < -0.39 is 5.82 Å². The van der Waals surface area contributed by atoms with Crippen molar-refractivity contribution in [3.05, 3.63) is 39.8 Å². The van der Waals surface area contributed by atoms with Crippen LogP contribution in [0, 0.1) is 5.82 Å². The van der Waals surface area contributed by atoms with Crippen LogP contribution in [0.15, 0.2) is 18.2 Å². The number of rotatable bonds is 2. The number of halogens is 3. The van der Waals surface area contributed by atoms with Crippen molar-refractivity contribution in [2.45, 2.75) is 6.54 Å². The summed E-state index contributed by atoms with van der Waals surface area (Å²) in [6, 6.07) is 4.47. The van der Waals surface area contributed by atoms with Gasteiger partial charge < -0.3 is 5.73 Å². The minimum absolute atomic E-state index is 0.0280. The Morgan fingerprint density at radius 3 is 2.69 bits per heavy atom. The SMILES string of the molecule is NCc1cc(-c2cc(Cl)cc(Cl)c2F)n[nH]1. The smallest absolute Gasteiger partial charge is 0.151 e. The van der Waals surface area contributed by atoms with Gasteiger partial charge in [-0.15, -0.1) is 0 Å². The molecule has 1 aromatic heterocycles. The van der Waals surface area contributed by atoms with Crippen LogP contribution in [0.2, 0.25) is 10.0 Å². The lowest BCUT2D eigenvalue weighted by atomic mass is 10.1. The number of nitrogens with one attached hydrogen (secondary N) is 1. The highest BCUT2D eigenvalue weighted by atomic mass is 35.5. The van der Waals surface area contributed by atoms with E-state index >= 15 is 0 Å². The molecule has 0 aliphatic rings. The summed E-state index contributed by atoms with van der Waals surface area (Å²) in [6.07, 6.45) is 0. The monoisotopic (exact) mass is 259 g/mol. The number of hydrogen-bond acceptors (Lipinski definition) is 2. The summed E-state index contributed by atoms with van der Waals surface area (Å²) in [5.74, 6) is -0.541. The number of H-pyrrole nitrogens is 1.